The van der Waals surface area contributed by atoms with Gasteiger partial charge in [-0.1, -0.05) is 6.58 Å². The molecule has 1 aliphatic heterocycles. The van der Waals surface area contributed by atoms with E-state index in [9.17, 15) is 0 Å². The third kappa shape index (κ3) is 1.73. The lowest BCUT2D eigenvalue weighted by Gasteiger charge is -2.31. The predicted octanol–water partition coefficient (Wildman–Crippen LogP) is 2.53. The molecule has 0 unspecified atom stereocenters. The van der Waals surface area contributed by atoms with Crippen LogP contribution in [-0.2, 0) is 0 Å². The van der Waals surface area contributed by atoms with Crippen LogP contribution in [0.4, 0.5) is 5.82 Å². The highest BCUT2D eigenvalue weighted by Crippen LogP contribution is 2.35. The topological polar surface area (TPSA) is 23.8 Å². The molecule has 4 heteroatoms. The molecule has 0 spiro atoms. The first-order chi connectivity index (χ1) is 7.93. The van der Waals surface area contributed by atoms with Crippen LogP contribution in [0.1, 0.15) is 25.5 Å². The summed E-state index contributed by atoms with van der Waals surface area (Å²) in [5.74, 6) is 1.93. The Morgan fingerprint density at radius 3 is 2.53 bits per heavy atom. The second kappa shape index (κ2) is 3.95. The van der Waals surface area contributed by atoms with Crippen molar-refractivity contribution in [2.45, 2.75) is 19.9 Å². The Hall–Kier alpha value is -1.71. The van der Waals surface area contributed by atoms with Crippen LogP contribution < -0.4 is 0 Å². The maximum atomic E-state index is 4.73. The Morgan fingerprint density at radius 2 is 2.00 bits per heavy atom. The first-order valence-electron chi connectivity index (χ1n) is 5.83. The van der Waals surface area contributed by atoms with E-state index < -0.39 is 0 Å². The van der Waals surface area contributed by atoms with E-state index in [0.717, 1.165) is 23.0 Å². The molecule has 0 radical (unpaired) electrons. The average molecular weight is 232 g/mol. The molecular weight excluding hydrogens is 212 g/mol. The maximum Gasteiger partial charge on any atom is 0.207 e. The van der Waals surface area contributed by atoms with Crippen molar-refractivity contribution >= 4 is 17.5 Å². The minimum atomic E-state index is 0.405. The Morgan fingerprint density at radius 1 is 1.35 bits per heavy atom. The van der Waals surface area contributed by atoms with Crippen molar-refractivity contribution in [2.75, 3.05) is 21.1 Å². The molecule has 1 aromatic rings. The van der Waals surface area contributed by atoms with Crippen LogP contribution in [0.25, 0.3) is 5.70 Å². The number of nitrogens with zero attached hydrogens (tertiary/aromatic N) is 4. The third-order valence-corrected chi connectivity index (χ3v) is 3.07. The summed E-state index contributed by atoms with van der Waals surface area (Å²) in [5.41, 5.74) is 2.12. The van der Waals surface area contributed by atoms with E-state index in [0.29, 0.717) is 6.04 Å². The molecule has 17 heavy (non-hydrogen) atoms. The summed E-state index contributed by atoms with van der Waals surface area (Å²) in [7, 11) is 5.99. The summed E-state index contributed by atoms with van der Waals surface area (Å²) in [6.45, 7) is 8.46. The molecule has 2 rings (SSSR count). The van der Waals surface area contributed by atoms with Crippen LogP contribution in [-0.4, -0.2) is 41.5 Å². The molecule has 0 aliphatic carbocycles. The van der Waals surface area contributed by atoms with Crippen molar-refractivity contribution in [1.82, 2.24) is 14.4 Å². The van der Waals surface area contributed by atoms with Gasteiger partial charge in [0, 0.05) is 44.6 Å². The number of aliphatic imine (C=N–C) groups is 1. The molecule has 0 saturated heterocycles. The lowest BCUT2D eigenvalue weighted by Crippen LogP contribution is -2.38. The second-order valence-corrected chi connectivity index (χ2v) is 4.87. The van der Waals surface area contributed by atoms with E-state index in [1.54, 1.807) is 0 Å². The summed E-state index contributed by atoms with van der Waals surface area (Å²) < 4.78 is 2.18. The van der Waals surface area contributed by atoms with Crippen LogP contribution in [0.2, 0.25) is 0 Å². The van der Waals surface area contributed by atoms with Gasteiger partial charge in [0.2, 0.25) is 5.96 Å². The second-order valence-electron chi connectivity index (χ2n) is 4.87. The minimum absolute atomic E-state index is 0.405. The highest BCUT2D eigenvalue weighted by molar-refractivity contribution is 5.95. The monoisotopic (exact) mass is 232 g/mol. The SMILES string of the molecule is C=C1c2ccn(C(C)C)c2N=C(N(C)C)N1C. The summed E-state index contributed by atoms with van der Waals surface area (Å²) in [4.78, 5) is 8.75. The Bertz CT molecular complexity index is 480. The van der Waals surface area contributed by atoms with Gasteiger partial charge in [-0.2, -0.15) is 4.99 Å². The molecule has 0 N–H and O–H groups in total. The first-order valence-corrected chi connectivity index (χ1v) is 5.83. The van der Waals surface area contributed by atoms with Gasteiger partial charge in [0.15, 0.2) is 0 Å². The Labute approximate surface area is 103 Å². The van der Waals surface area contributed by atoms with Crippen LogP contribution in [0.3, 0.4) is 0 Å². The summed E-state index contributed by atoms with van der Waals surface area (Å²) >= 11 is 0. The molecule has 1 aliphatic rings. The van der Waals surface area contributed by atoms with E-state index in [-0.39, 0.29) is 0 Å². The zero-order valence-corrected chi connectivity index (χ0v) is 11.2. The average Bonchev–Trinajstić information content (AvgIpc) is 2.66. The smallest absolute Gasteiger partial charge is 0.207 e. The lowest BCUT2D eigenvalue weighted by atomic mass is 10.2. The number of hydrogen-bond acceptors (Lipinski definition) is 3. The van der Waals surface area contributed by atoms with E-state index in [1.807, 2.05) is 30.9 Å². The molecule has 0 aromatic carbocycles. The van der Waals surface area contributed by atoms with E-state index in [1.165, 1.54) is 0 Å². The normalized spacial score (nSPS) is 15.1. The third-order valence-electron chi connectivity index (χ3n) is 3.07. The molecule has 0 bridgehead atoms. The highest BCUT2D eigenvalue weighted by Gasteiger charge is 2.24. The molecule has 1 aromatic heterocycles. The predicted molar refractivity (Wildman–Crippen MR) is 72.4 cm³/mol. The van der Waals surface area contributed by atoms with Gasteiger partial charge in [-0.3, -0.25) is 0 Å². The number of hydrogen-bond donors (Lipinski definition) is 0. The summed E-state index contributed by atoms with van der Waals surface area (Å²) in [6.07, 6.45) is 2.08. The number of fused-ring (bicyclic) bond motifs is 1. The van der Waals surface area contributed by atoms with Gasteiger partial charge in [-0.05, 0) is 19.9 Å². The van der Waals surface area contributed by atoms with Crippen molar-refractivity contribution in [3.63, 3.8) is 0 Å². The fraction of sp³-hybridized carbons (Fsp3) is 0.462. The molecule has 0 saturated carbocycles. The standard InChI is InChI=1S/C13H20N4/c1-9(2)17-8-7-11-10(3)16(6)13(15(4)5)14-12(11)17/h7-9H,3H2,1-2,4-6H3. The minimum Gasteiger partial charge on any atom is -0.348 e. The van der Waals surface area contributed by atoms with Crippen molar-refractivity contribution in [3.05, 3.63) is 24.4 Å². The van der Waals surface area contributed by atoms with Crippen molar-refractivity contribution in [1.29, 1.82) is 0 Å². The number of guanidine groups is 1. The summed E-state index contributed by atoms with van der Waals surface area (Å²) in [5, 5.41) is 0. The number of rotatable bonds is 1. The molecule has 4 nitrogen and oxygen atoms in total. The lowest BCUT2D eigenvalue weighted by molar-refractivity contribution is 0.514. The largest absolute Gasteiger partial charge is 0.348 e. The number of aromatic nitrogens is 1. The van der Waals surface area contributed by atoms with Crippen LogP contribution in [0.15, 0.2) is 23.8 Å². The fourth-order valence-corrected chi connectivity index (χ4v) is 2.07. The van der Waals surface area contributed by atoms with Gasteiger partial charge in [-0.25, -0.2) is 0 Å². The molecule has 0 amide bonds. The van der Waals surface area contributed by atoms with Gasteiger partial charge in [0.25, 0.3) is 0 Å². The first kappa shape index (κ1) is 11.8. The van der Waals surface area contributed by atoms with Gasteiger partial charge >= 0.3 is 0 Å². The molecule has 0 atom stereocenters. The zero-order chi connectivity index (χ0) is 12.7. The van der Waals surface area contributed by atoms with Crippen LogP contribution in [0, 0.1) is 0 Å². The van der Waals surface area contributed by atoms with E-state index in [4.69, 9.17) is 4.99 Å². The van der Waals surface area contributed by atoms with Crippen molar-refractivity contribution < 1.29 is 0 Å². The fourth-order valence-electron chi connectivity index (χ4n) is 2.07. The Kier molecular flexibility index (Phi) is 2.73. The van der Waals surface area contributed by atoms with Gasteiger partial charge < -0.3 is 14.4 Å². The maximum absolute atomic E-state index is 4.73. The van der Waals surface area contributed by atoms with E-state index in [2.05, 4.69) is 37.3 Å². The summed E-state index contributed by atoms with van der Waals surface area (Å²) in [6, 6.07) is 2.49. The Balaban J connectivity index is 2.59. The van der Waals surface area contributed by atoms with Gasteiger partial charge in [0.05, 0.1) is 0 Å². The van der Waals surface area contributed by atoms with Gasteiger partial charge in [-0.15, -0.1) is 0 Å². The molecule has 92 valence electrons. The van der Waals surface area contributed by atoms with Crippen LogP contribution >= 0.6 is 0 Å². The van der Waals surface area contributed by atoms with Crippen molar-refractivity contribution in [3.8, 4) is 0 Å². The van der Waals surface area contributed by atoms with E-state index >= 15 is 0 Å². The zero-order valence-electron chi connectivity index (χ0n) is 11.2. The molecular formula is C13H20N4. The van der Waals surface area contributed by atoms with Crippen LogP contribution in [0.5, 0.6) is 0 Å². The molecule has 2 heterocycles. The van der Waals surface area contributed by atoms with Crippen molar-refractivity contribution in [2.24, 2.45) is 4.99 Å². The van der Waals surface area contributed by atoms with Gasteiger partial charge in [0.1, 0.15) is 5.82 Å². The quantitative estimate of drug-likeness (QED) is 0.743. The highest BCUT2D eigenvalue weighted by atomic mass is 15.4. The molecule has 0 fully saturated rings.